The summed E-state index contributed by atoms with van der Waals surface area (Å²) in [7, 11) is 1.88. The standard InChI is InChI=1S/C13H16FN3/c1-10(16-13-8-15-17(2)9-13)6-11-4-3-5-12(14)7-11/h3-5,7-10,16H,6H2,1-2H3. The van der Waals surface area contributed by atoms with E-state index in [2.05, 4.69) is 17.3 Å². The number of hydrogen-bond acceptors (Lipinski definition) is 2. The highest BCUT2D eigenvalue weighted by molar-refractivity contribution is 5.39. The second-order valence-corrected chi connectivity index (χ2v) is 4.28. The molecule has 2 aromatic rings. The van der Waals surface area contributed by atoms with Gasteiger partial charge in [0.05, 0.1) is 11.9 Å². The second kappa shape index (κ2) is 4.99. The third-order valence-corrected chi connectivity index (χ3v) is 2.55. The highest BCUT2D eigenvalue weighted by atomic mass is 19.1. The zero-order valence-corrected chi connectivity index (χ0v) is 10.0. The first kappa shape index (κ1) is 11.6. The zero-order valence-electron chi connectivity index (χ0n) is 10.0. The Kier molecular flexibility index (Phi) is 3.42. The van der Waals surface area contributed by atoms with Crippen LogP contribution in [-0.4, -0.2) is 15.8 Å². The Bertz CT molecular complexity index is 493. The van der Waals surface area contributed by atoms with Gasteiger partial charge < -0.3 is 5.32 Å². The number of anilines is 1. The van der Waals surface area contributed by atoms with E-state index in [1.54, 1.807) is 23.0 Å². The quantitative estimate of drug-likeness (QED) is 0.879. The molecule has 0 radical (unpaired) electrons. The van der Waals surface area contributed by atoms with Crippen LogP contribution in [0.1, 0.15) is 12.5 Å². The molecule has 0 aliphatic rings. The molecule has 0 bridgehead atoms. The largest absolute Gasteiger partial charge is 0.380 e. The second-order valence-electron chi connectivity index (χ2n) is 4.28. The fourth-order valence-electron chi connectivity index (χ4n) is 1.85. The Hall–Kier alpha value is -1.84. The Balaban J connectivity index is 1.95. The summed E-state index contributed by atoms with van der Waals surface area (Å²) >= 11 is 0. The van der Waals surface area contributed by atoms with E-state index in [0.717, 1.165) is 17.7 Å². The SMILES string of the molecule is CC(Cc1cccc(F)c1)Nc1cnn(C)c1. The molecule has 0 saturated carbocycles. The molecule has 2 rings (SSSR count). The molecular weight excluding hydrogens is 217 g/mol. The molecule has 1 N–H and O–H groups in total. The van der Waals surface area contributed by atoms with Crippen molar-refractivity contribution >= 4 is 5.69 Å². The molecule has 0 fully saturated rings. The van der Waals surface area contributed by atoms with E-state index in [1.165, 1.54) is 6.07 Å². The minimum Gasteiger partial charge on any atom is -0.380 e. The van der Waals surface area contributed by atoms with Crippen LogP contribution in [0.5, 0.6) is 0 Å². The van der Waals surface area contributed by atoms with E-state index in [-0.39, 0.29) is 11.9 Å². The van der Waals surface area contributed by atoms with Crippen molar-refractivity contribution in [2.75, 3.05) is 5.32 Å². The molecule has 1 aromatic heterocycles. The lowest BCUT2D eigenvalue weighted by molar-refractivity contribution is 0.624. The number of hydrogen-bond donors (Lipinski definition) is 1. The first-order valence-electron chi connectivity index (χ1n) is 5.63. The van der Waals surface area contributed by atoms with E-state index in [1.807, 2.05) is 19.3 Å². The Labute approximate surface area is 100 Å². The molecule has 90 valence electrons. The molecule has 0 aliphatic heterocycles. The molecule has 1 heterocycles. The maximum Gasteiger partial charge on any atom is 0.123 e. The summed E-state index contributed by atoms with van der Waals surface area (Å²) in [6, 6.07) is 6.94. The predicted octanol–water partition coefficient (Wildman–Crippen LogP) is 2.60. The average molecular weight is 233 g/mol. The van der Waals surface area contributed by atoms with Crippen molar-refractivity contribution in [3.05, 3.63) is 48.0 Å². The van der Waals surface area contributed by atoms with E-state index in [9.17, 15) is 4.39 Å². The maximum atomic E-state index is 13.0. The van der Waals surface area contributed by atoms with E-state index >= 15 is 0 Å². The lowest BCUT2D eigenvalue weighted by Gasteiger charge is -2.13. The molecule has 17 heavy (non-hydrogen) atoms. The fourth-order valence-corrected chi connectivity index (χ4v) is 1.85. The van der Waals surface area contributed by atoms with Gasteiger partial charge in [0.1, 0.15) is 5.82 Å². The number of aryl methyl sites for hydroxylation is 1. The summed E-state index contributed by atoms with van der Waals surface area (Å²) in [5, 5.41) is 7.41. The van der Waals surface area contributed by atoms with Crippen molar-refractivity contribution in [3.63, 3.8) is 0 Å². The van der Waals surface area contributed by atoms with Gasteiger partial charge in [0.25, 0.3) is 0 Å². The van der Waals surface area contributed by atoms with Crippen LogP contribution in [0, 0.1) is 5.82 Å². The number of aromatic nitrogens is 2. The van der Waals surface area contributed by atoms with Crippen LogP contribution in [0.25, 0.3) is 0 Å². The van der Waals surface area contributed by atoms with Crippen molar-refractivity contribution in [1.29, 1.82) is 0 Å². The van der Waals surface area contributed by atoms with Crippen molar-refractivity contribution in [2.24, 2.45) is 7.05 Å². The lowest BCUT2D eigenvalue weighted by atomic mass is 10.1. The minimum absolute atomic E-state index is 0.184. The molecule has 0 saturated heterocycles. The van der Waals surface area contributed by atoms with Gasteiger partial charge in [-0.25, -0.2) is 4.39 Å². The van der Waals surface area contributed by atoms with Crippen LogP contribution < -0.4 is 5.32 Å². The Morgan fingerprint density at radius 3 is 2.94 bits per heavy atom. The number of halogens is 1. The smallest absolute Gasteiger partial charge is 0.123 e. The summed E-state index contributed by atoms with van der Waals surface area (Å²) in [5.74, 6) is -0.184. The normalized spacial score (nSPS) is 12.4. The molecular formula is C13H16FN3. The van der Waals surface area contributed by atoms with Crippen molar-refractivity contribution in [1.82, 2.24) is 9.78 Å². The van der Waals surface area contributed by atoms with Gasteiger partial charge in [-0.15, -0.1) is 0 Å². The van der Waals surface area contributed by atoms with Gasteiger partial charge in [0.15, 0.2) is 0 Å². The molecule has 3 nitrogen and oxygen atoms in total. The summed E-state index contributed by atoms with van der Waals surface area (Å²) in [6.07, 6.45) is 4.48. The highest BCUT2D eigenvalue weighted by Gasteiger charge is 2.05. The number of nitrogens with zero attached hydrogens (tertiary/aromatic N) is 2. The molecule has 4 heteroatoms. The predicted molar refractivity (Wildman–Crippen MR) is 66.4 cm³/mol. The number of rotatable bonds is 4. The summed E-state index contributed by atoms with van der Waals surface area (Å²) < 4.78 is 14.8. The fraction of sp³-hybridized carbons (Fsp3) is 0.308. The van der Waals surface area contributed by atoms with Gasteiger partial charge >= 0.3 is 0 Å². The van der Waals surface area contributed by atoms with Crippen molar-refractivity contribution in [2.45, 2.75) is 19.4 Å². The van der Waals surface area contributed by atoms with E-state index < -0.39 is 0 Å². The average Bonchev–Trinajstić information content (AvgIpc) is 2.63. The topological polar surface area (TPSA) is 29.9 Å². The minimum atomic E-state index is -0.184. The van der Waals surface area contributed by atoms with Crippen LogP contribution >= 0.6 is 0 Å². The zero-order chi connectivity index (χ0) is 12.3. The van der Waals surface area contributed by atoms with Crippen molar-refractivity contribution in [3.8, 4) is 0 Å². The first-order valence-corrected chi connectivity index (χ1v) is 5.63. The van der Waals surface area contributed by atoms with E-state index in [0.29, 0.717) is 0 Å². The molecule has 1 aromatic carbocycles. The van der Waals surface area contributed by atoms with Gasteiger partial charge in [-0.1, -0.05) is 12.1 Å². The maximum absolute atomic E-state index is 13.0. The molecule has 0 amide bonds. The highest BCUT2D eigenvalue weighted by Crippen LogP contribution is 2.11. The molecule has 1 atom stereocenters. The van der Waals surface area contributed by atoms with Gasteiger partial charge in [0, 0.05) is 19.3 Å². The van der Waals surface area contributed by atoms with Gasteiger partial charge in [-0.2, -0.15) is 5.10 Å². The lowest BCUT2D eigenvalue weighted by Crippen LogP contribution is -2.17. The molecule has 1 unspecified atom stereocenters. The number of nitrogens with one attached hydrogen (secondary N) is 1. The van der Waals surface area contributed by atoms with Crippen LogP contribution in [-0.2, 0) is 13.5 Å². The van der Waals surface area contributed by atoms with Gasteiger partial charge in [-0.05, 0) is 31.0 Å². The third-order valence-electron chi connectivity index (χ3n) is 2.55. The van der Waals surface area contributed by atoms with Gasteiger partial charge in [-0.3, -0.25) is 4.68 Å². The number of benzene rings is 1. The van der Waals surface area contributed by atoms with Gasteiger partial charge in [0.2, 0.25) is 0 Å². The van der Waals surface area contributed by atoms with Crippen LogP contribution in [0.15, 0.2) is 36.7 Å². The summed E-state index contributed by atoms with van der Waals surface area (Å²) in [5.41, 5.74) is 1.98. The van der Waals surface area contributed by atoms with Crippen LogP contribution in [0.2, 0.25) is 0 Å². The van der Waals surface area contributed by atoms with Crippen LogP contribution in [0.4, 0.5) is 10.1 Å². The van der Waals surface area contributed by atoms with Crippen molar-refractivity contribution < 1.29 is 4.39 Å². The third kappa shape index (κ3) is 3.31. The summed E-state index contributed by atoms with van der Waals surface area (Å²) in [4.78, 5) is 0. The first-order chi connectivity index (χ1) is 8.13. The molecule has 0 aliphatic carbocycles. The Morgan fingerprint density at radius 2 is 2.29 bits per heavy atom. The monoisotopic (exact) mass is 233 g/mol. The summed E-state index contributed by atoms with van der Waals surface area (Å²) in [6.45, 7) is 2.07. The molecule has 0 spiro atoms. The van der Waals surface area contributed by atoms with E-state index in [4.69, 9.17) is 0 Å². The van der Waals surface area contributed by atoms with Crippen LogP contribution in [0.3, 0.4) is 0 Å². The Morgan fingerprint density at radius 1 is 1.47 bits per heavy atom.